The van der Waals surface area contributed by atoms with Gasteiger partial charge in [-0.05, 0) is 62.2 Å². The topological polar surface area (TPSA) is 103 Å². The van der Waals surface area contributed by atoms with Crippen molar-refractivity contribution >= 4 is 33.0 Å². The normalized spacial score (nSPS) is 17.5. The van der Waals surface area contributed by atoms with Crippen LogP contribution in [0.5, 0.6) is 0 Å². The molecule has 194 valence electrons. The molecule has 3 aromatic rings. The Hall–Kier alpha value is -3.10. The summed E-state index contributed by atoms with van der Waals surface area (Å²) >= 11 is 5.97. The van der Waals surface area contributed by atoms with E-state index in [4.69, 9.17) is 16.3 Å². The third-order valence-corrected chi connectivity index (χ3v) is 8.71. The van der Waals surface area contributed by atoms with Crippen LogP contribution in [0.2, 0.25) is 5.02 Å². The van der Waals surface area contributed by atoms with Crippen LogP contribution in [0, 0.1) is 18.3 Å². The Morgan fingerprint density at radius 3 is 2.46 bits per heavy atom. The summed E-state index contributed by atoms with van der Waals surface area (Å²) in [5, 5.41) is 14.8. The number of piperidine rings is 1. The van der Waals surface area contributed by atoms with Gasteiger partial charge in [-0.3, -0.25) is 9.62 Å². The quantitative estimate of drug-likeness (QED) is 0.507. The molecular formula is C26H29ClN6O3S. The molecule has 11 heteroatoms. The molecule has 0 unspecified atom stereocenters. The van der Waals surface area contributed by atoms with Crippen LogP contribution in [0.15, 0.2) is 53.6 Å². The predicted molar refractivity (Wildman–Crippen MR) is 143 cm³/mol. The van der Waals surface area contributed by atoms with Crippen LogP contribution in [0.4, 0.5) is 11.4 Å². The minimum atomic E-state index is -3.93. The number of aromatic nitrogens is 2. The standard InChI is InChI=1S/C26H29ClN6O3S/c1-19-25(18-29-33(19)23-4-2-21(27)3-5-23)30-37(34,35)24-6-7-26(20(16-24)17-28)32-10-8-22(9-11-32)31-12-14-36-15-13-31/h2-7,16,18,22,30H,8-15H2,1H3. The van der Waals surface area contributed by atoms with Gasteiger partial charge in [0.25, 0.3) is 10.0 Å². The maximum Gasteiger partial charge on any atom is 0.262 e. The van der Waals surface area contributed by atoms with Crippen molar-refractivity contribution in [3.05, 3.63) is 64.9 Å². The van der Waals surface area contributed by atoms with Crippen LogP contribution in [-0.4, -0.2) is 68.5 Å². The molecule has 37 heavy (non-hydrogen) atoms. The van der Waals surface area contributed by atoms with Gasteiger partial charge in [0.15, 0.2) is 0 Å². The summed E-state index contributed by atoms with van der Waals surface area (Å²) < 4.78 is 36.2. The number of nitriles is 1. The Bertz CT molecular complexity index is 1400. The van der Waals surface area contributed by atoms with Crippen LogP contribution >= 0.6 is 11.6 Å². The number of hydrogen-bond acceptors (Lipinski definition) is 7. The summed E-state index contributed by atoms with van der Waals surface area (Å²) in [6, 6.07) is 14.6. The molecule has 3 heterocycles. The van der Waals surface area contributed by atoms with Crippen molar-refractivity contribution in [1.82, 2.24) is 14.7 Å². The monoisotopic (exact) mass is 540 g/mol. The Kier molecular flexibility index (Phi) is 7.40. The lowest BCUT2D eigenvalue weighted by atomic mass is 10.0. The maximum atomic E-state index is 13.2. The first kappa shape index (κ1) is 25.5. The van der Waals surface area contributed by atoms with E-state index in [9.17, 15) is 13.7 Å². The number of rotatable bonds is 6. The van der Waals surface area contributed by atoms with Gasteiger partial charge in [0.05, 0.1) is 52.6 Å². The highest BCUT2D eigenvalue weighted by Gasteiger charge is 2.27. The number of morpholine rings is 1. The summed E-state index contributed by atoms with van der Waals surface area (Å²) in [6.07, 6.45) is 3.48. The molecule has 0 bridgehead atoms. The number of anilines is 2. The van der Waals surface area contributed by atoms with Crippen molar-refractivity contribution in [2.75, 3.05) is 49.0 Å². The SMILES string of the molecule is Cc1c(NS(=O)(=O)c2ccc(N3CCC(N4CCOCC4)CC3)c(C#N)c2)cnn1-c1ccc(Cl)cc1. The second-order valence-corrected chi connectivity index (χ2v) is 11.4. The van der Waals surface area contributed by atoms with Gasteiger partial charge in [0.2, 0.25) is 0 Å². The van der Waals surface area contributed by atoms with E-state index >= 15 is 0 Å². The van der Waals surface area contributed by atoms with Crippen LogP contribution in [0.1, 0.15) is 24.1 Å². The zero-order valence-electron chi connectivity index (χ0n) is 20.6. The molecule has 5 rings (SSSR count). The van der Waals surface area contributed by atoms with Crippen molar-refractivity contribution in [2.45, 2.75) is 30.7 Å². The second kappa shape index (κ2) is 10.7. The minimum Gasteiger partial charge on any atom is -0.379 e. The molecule has 2 saturated heterocycles. The van der Waals surface area contributed by atoms with E-state index in [1.807, 2.05) is 12.1 Å². The lowest BCUT2D eigenvalue weighted by molar-refractivity contribution is 0.0115. The van der Waals surface area contributed by atoms with Crippen molar-refractivity contribution in [2.24, 2.45) is 0 Å². The third-order valence-electron chi connectivity index (χ3n) is 7.09. The molecule has 0 saturated carbocycles. The van der Waals surface area contributed by atoms with Crippen LogP contribution in [0.3, 0.4) is 0 Å². The highest BCUT2D eigenvalue weighted by Crippen LogP contribution is 2.29. The molecule has 2 fully saturated rings. The highest BCUT2D eigenvalue weighted by molar-refractivity contribution is 7.92. The molecule has 9 nitrogen and oxygen atoms in total. The van der Waals surface area contributed by atoms with Crippen LogP contribution < -0.4 is 9.62 Å². The number of halogens is 1. The molecule has 0 atom stereocenters. The Labute approximate surface area is 222 Å². The fourth-order valence-electron chi connectivity index (χ4n) is 5.02. The Morgan fingerprint density at radius 2 is 1.78 bits per heavy atom. The molecule has 0 amide bonds. The zero-order chi connectivity index (χ0) is 26.0. The first-order valence-electron chi connectivity index (χ1n) is 12.3. The number of hydrogen-bond donors (Lipinski definition) is 1. The highest BCUT2D eigenvalue weighted by atomic mass is 35.5. The summed E-state index contributed by atoms with van der Waals surface area (Å²) in [5.74, 6) is 0. The largest absolute Gasteiger partial charge is 0.379 e. The molecular weight excluding hydrogens is 512 g/mol. The predicted octanol–water partition coefficient (Wildman–Crippen LogP) is 3.81. The van der Waals surface area contributed by atoms with Gasteiger partial charge in [-0.1, -0.05) is 11.6 Å². The first-order valence-corrected chi connectivity index (χ1v) is 14.2. The van der Waals surface area contributed by atoms with E-state index in [1.165, 1.54) is 12.3 Å². The summed E-state index contributed by atoms with van der Waals surface area (Å²) in [5.41, 5.74) is 2.88. The summed E-state index contributed by atoms with van der Waals surface area (Å²) in [4.78, 5) is 4.71. The minimum absolute atomic E-state index is 0.0367. The Balaban J connectivity index is 1.30. The summed E-state index contributed by atoms with van der Waals surface area (Å²) in [7, 11) is -3.93. The lowest BCUT2D eigenvalue weighted by Crippen LogP contribution is -2.49. The van der Waals surface area contributed by atoms with Crippen LogP contribution in [-0.2, 0) is 14.8 Å². The molecule has 2 aromatic carbocycles. The average molecular weight is 541 g/mol. The van der Waals surface area contributed by atoms with E-state index in [-0.39, 0.29) is 4.90 Å². The molecule has 0 radical (unpaired) electrons. The second-order valence-electron chi connectivity index (χ2n) is 9.29. The number of nitrogens with zero attached hydrogens (tertiary/aromatic N) is 5. The number of nitrogens with one attached hydrogen (secondary N) is 1. The van der Waals surface area contributed by atoms with Crippen molar-refractivity contribution in [3.8, 4) is 11.8 Å². The maximum absolute atomic E-state index is 13.2. The van der Waals surface area contributed by atoms with Gasteiger partial charge >= 0.3 is 0 Å². The van der Waals surface area contributed by atoms with Gasteiger partial charge in [-0.15, -0.1) is 0 Å². The van der Waals surface area contributed by atoms with Crippen molar-refractivity contribution in [3.63, 3.8) is 0 Å². The van der Waals surface area contributed by atoms with E-state index < -0.39 is 10.0 Å². The van der Waals surface area contributed by atoms with Gasteiger partial charge in [0.1, 0.15) is 6.07 Å². The Morgan fingerprint density at radius 1 is 1.08 bits per heavy atom. The van der Waals surface area contributed by atoms with E-state index in [0.717, 1.165) is 63.6 Å². The van der Waals surface area contributed by atoms with Gasteiger partial charge < -0.3 is 9.64 Å². The number of ether oxygens (including phenoxy) is 1. The fourth-order valence-corrected chi connectivity index (χ4v) is 6.27. The smallest absolute Gasteiger partial charge is 0.262 e. The first-order chi connectivity index (χ1) is 17.9. The van der Waals surface area contributed by atoms with Gasteiger partial charge in [-0.25, -0.2) is 13.1 Å². The van der Waals surface area contributed by atoms with Crippen LogP contribution in [0.25, 0.3) is 5.69 Å². The molecule has 1 N–H and O–H groups in total. The third kappa shape index (κ3) is 5.45. The van der Waals surface area contributed by atoms with E-state index in [2.05, 4.69) is 25.7 Å². The van der Waals surface area contributed by atoms with E-state index in [1.54, 1.807) is 35.9 Å². The van der Waals surface area contributed by atoms with Crippen molar-refractivity contribution in [1.29, 1.82) is 5.26 Å². The average Bonchev–Trinajstić information content (AvgIpc) is 3.28. The van der Waals surface area contributed by atoms with Crippen molar-refractivity contribution < 1.29 is 13.2 Å². The number of benzene rings is 2. The molecule has 0 aliphatic carbocycles. The molecule has 2 aliphatic rings. The molecule has 2 aliphatic heterocycles. The molecule has 1 aromatic heterocycles. The van der Waals surface area contributed by atoms with Gasteiger partial charge in [0, 0.05) is 37.2 Å². The van der Waals surface area contributed by atoms with E-state index in [0.29, 0.717) is 28.0 Å². The van der Waals surface area contributed by atoms with Gasteiger partial charge in [-0.2, -0.15) is 10.4 Å². The molecule has 0 spiro atoms. The zero-order valence-corrected chi connectivity index (χ0v) is 22.2. The lowest BCUT2D eigenvalue weighted by Gasteiger charge is -2.41. The fraction of sp³-hybridized carbons (Fsp3) is 0.385. The summed E-state index contributed by atoms with van der Waals surface area (Å²) in [6.45, 7) is 6.92. The number of sulfonamides is 1.